The Balaban J connectivity index is 2.10. The van der Waals surface area contributed by atoms with Gasteiger partial charge in [0.1, 0.15) is 11.5 Å². The number of hydrazone groups is 1. The maximum Gasteiger partial charge on any atom is 0.332 e. The molecule has 0 unspecified atom stereocenters. The summed E-state index contributed by atoms with van der Waals surface area (Å²) >= 11 is 5.83. The molecule has 0 heterocycles. The number of urea groups is 1. The van der Waals surface area contributed by atoms with Gasteiger partial charge in [-0.05, 0) is 60.5 Å². The average molecular weight is 318 g/mol. The van der Waals surface area contributed by atoms with Gasteiger partial charge in [0.05, 0.1) is 5.71 Å². The van der Waals surface area contributed by atoms with Crippen LogP contribution in [0.5, 0.6) is 11.5 Å². The van der Waals surface area contributed by atoms with Crippen LogP contribution in [0.4, 0.5) is 4.79 Å². The van der Waals surface area contributed by atoms with Crippen LogP contribution in [0.1, 0.15) is 18.9 Å². The number of primary amides is 1. The van der Waals surface area contributed by atoms with E-state index in [2.05, 4.69) is 10.5 Å². The third-order valence-electron chi connectivity index (χ3n) is 2.87. The van der Waals surface area contributed by atoms with E-state index in [4.69, 9.17) is 22.1 Å². The Kier molecular flexibility index (Phi) is 5.38. The summed E-state index contributed by atoms with van der Waals surface area (Å²) in [6.45, 7) is 1.94. The van der Waals surface area contributed by atoms with E-state index in [0.29, 0.717) is 22.9 Å². The zero-order chi connectivity index (χ0) is 15.9. The number of benzene rings is 2. The van der Waals surface area contributed by atoms with Crippen LogP contribution < -0.4 is 15.9 Å². The first-order valence-electron chi connectivity index (χ1n) is 6.74. The van der Waals surface area contributed by atoms with Crippen LogP contribution in [-0.2, 0) is 0 Å². The first-order chi connectivity index (χ1) is 10.6. The Morgan fingerprint density at radius 2 is 1.68 bits per heavy atom. The van der Waals surface area contributed by atoms with E-state index in [0.717, 1.165) is 11.3 Å². The highest BCUT2D eigenvalue weighted by Gasteiger charge is 2.03. The lowest BCUT2D eigenvalue weighted by Crippen LogP contribution is -2.25. The summed E-state index contributed by atoms with van der Waals surface area (Å²) in [6, 6.07) is 13.8. The van der Waals surface area contributed by atoms with Crippen molar-refractivity contribution < 1.29 is 9.53 Å². The first-order valence-corrected chi connectivity index (χ1v) is 7.12. The van der Waals surface area contributed by atoms with E-state index >= 15 is 0 Å². The molecule has 22 heavy (non-hydrogen) atoms. The Morgan fingerprint density at radius 1 is 1.14 bits per heavy atom. The van der Waals surface area contributed by atoms with Gasteiger partial charge in [0.25, 0.3) is 0 Å². The minimum absolute atomic E-state index is 0.661. The first kappa shape index (κ1) is 15.9. The highest BCUT2D eigenvalue weighted by molar-refractivity contribution is 6.30. The number of hydrogen-bond donors (Lipinski definition) is 2. The standard InChI is InChI=1S/C16H16ClN3O2/c1-2-15(19-20-16(18)21)11-3-7-13(8-4-11)22-14-9-5-12(17)6-10-14/h3-10H,2H2,1H3,(H3,18,20,21)/b19-15+. The Morgan fingerprint density at radius 3 is 2.18 bits per heavy atom. The second-order valence-corrected chi connectivity index (χ2v) is 4.90. The highest BCUT2D eigenvalue weighted by atomic mass is 35.5. The quantitative estimate of drug-likeness (QED) is 0.647. The normalized spacial score (nSPS) is 11.1. The third kappa shape index (κ3) is 4.49. The van der Waals surface area contributed by atoms with Crippen LogP contribution in [0.25, 0.3) is 0 Å². The van der Waals surface area contributed by atoms with Crippen molar-refractivity contribution in [3.63, 3.8) is 0 Å². The SMILES string of the molecule is CC/C(=N\NC(N)=O)c1ccc(Oc2ccc(Cl)cc2)cc1. The molecule has 0 saturated carbocycles. The van der Waals surface area contributed by atoms with Gasteiger partial charge in [-0.25, -0.2) is 10.2 Å². The number of carbonyl (C=O) groups excluding carboxylic acids is 1. The molecule has 0 saturated heterocycles. The highest BCUT2D eigenvalue weighted by Crippen LogP contribution is 2.23. The number of amides is 2. The maximum atomic E-state index is 10.7. The molecule has 2 amide bonds. The summed E-state index contributed by atoms with van der Waals surface area (Å²) in [5, 5.41) is 4.63. The summed E-state index contributed by atoms with van der Waals surface area (Å²) in [7, 11) is 0. The number of rotatable bonds is 5. The molecule has 2 rings (SSSR count). The van der Waals surface area contributed by atoms with Crippen molar-refractivity contribution in [1.29, 1.82) is 0 Å². The number of nitrogens with one attached hydrogen (secondary N) is 1. The monoisotopic (exact) mass is 317 g/mol. The van der Waals surface area contributed by atoms with Gasteiger partial charge in [0.2, 0.25) is 0 Å². The van der Waals surface area contributed by atoms with Gasteiger partial charge < -0.3 is 10.5 Å². The fourth-order valence-corrected chi connectivity index (χ4v) is 1.95. The van der Waals surface area contributed by atoms with E-state index < -0.39 is 6.03 Å². The van der Waals surface area contributed by atoms with Gasteiger partial charge in [0.15, 0.2) is 0 Å². The zero-order valence-electron chi connectivity index (χ0n) is 12.0. The molecule has 3 N–H and O–H groups in total. The molecular formula is C16H16ClN3O2. The predicted octanol–water partition coefficient (Wildman–Crippen LogP) is 3.91. The lowest BCUT2D eigenvalue weighted by Gasteiger charge is -2.08. The molecule has 2 aromatic rings. The van der Waals surface area contributed by atoms with Gasteiger partial charge in [0, 0.05) is 5.02 Å². The molecule has 0 radical (unpaired) electrons. The van der Waals surface area contributed by atoms with Crippen molar-refractivity contribution >= 4 is 23.3 Å². The van der Waals surface area contributed by atoms with Crippen molar-refractivity contribution in [2.45, 2.75) is 13.3 Å². The van der Waals surface area contributed by atoms with Gasteiger partial charge in [-0.2, -0.15) is 5.10 Å². The summed E-state index contributed by atoms with van der Waals surface area (Å²) in [4.78, 5) is 10.7. The molecule has 0 aliphatic carbocycles. The second-order valence-electron chi connectivity index (χ2n) is 4.47. The lowest BCUT2D eigenvalue weighted by molar-refractivity contribution is 0.249. The van der Waals surface area contributed by atoms with E-state index in [1.807, 2.05) is 31.2 Å². The van der Waals surface area contributed by atoms with Gasteiger partial charge >= 0.3 is 6.03 Å². The van der Waals surface area contributed by atoms with Crippen LogP contribution in [-0.4, -0.2) is 11.7 Å². The fraction of sp³-hybridized carbons (Fsp3) is 0.125. The smallest absolute Gasteiger partial charge is 0.332 e. The number of ether oxygens (including phenoxy) is 1. The van der Waals surface area contributed by atoms with Crippen LogP contribution >= 0.6 is 11.6 Å². The van der Waals surface area contributed by atoms with Gasteiger partial charge in [-0.3, -0.25) is 0 Å². The molecule has 5 nitrogen and oxygen atoms in total. The minimum Gasteiger partial charge on any atom is -0.457 e. The Labute approximate surface area is 133 Å². The molecule has 6 heteroatoms. The number of hydrogen-bond acceptors (Lipinski definition) is 3. The topological polar surface area (TPSA) is 76.7 Å². The lowest BCUT2D eigenvalue weighted by atomic mass is 10.1. The predicted molar refractivity (Wildman–Crippen MR) is 87.5 cm³/mol. The largest absolute Gasteiger partial charge is 0.457 e. The molecule has 0 aliphatic rings. The maximum absolute atomic E-state index is 10.7. The Bertz CT molecular complexity index is 667. The van der Waals surface area contributed by atoms with E-state index in [9.17, 15) is 4.79 Å². The third-order valence-corrected chi connectivity index (χ3v) is 3.12. The molecule has 0 aromatic heterocycles. The van der Waals surface area contributed by atoms with Crippen molar-refractivity contribution in [3.8, 4) is 11.5 Å². The van der Waals surface area contributed by atoms with E-state index in [1.165, 1.54) is 0 Å². The van der Waals surface area contributed by atoms with Crippen molar-refractivity contribution in [2.24, 2.45) is 10.8 Å². The number of nitrogens with zero attached hydrogens (tertiary/aromatic N) is 1. The molecule has 0 bridgehead atoms. The van der Waals surface area contributed by atoms with Crippen LogP contribution in [0, 0.1) is 0 Å². The number of nitrogens with two attached hydrogens (primary N) is 1. The molecule has 0 aliphatic heterocycles. The fourth-order valence-electron chi connectivity index (χ4n) is 1.82. The summed E-state index contributed by atoms with van der Waals surface area (Å²) in [5.41, 5.74) is 8.87. The molecule has 0 atom stereocenters. The minimum atomic E-state index is -0.686. The molecule has 114 valence electrons. The number of carbonyl (C=O) groups is 1. The van der Waals surface area contributed by atoms with Crippen LogP contribution in [0.15, 0.2) is 53.6 Å². The molecule has 2 aromatic carbocycles. The zero-order valence-corrected chi connectivity index (χ0v) is 12.8. The Hall–Kier alpha value is -2.53. The van der Waals surface area contributed by atoms with E-state index in [1.54, 1.807) is 24.3 Å². The van der Waals surface area contributed by atoms with Crippen molar-refractivity contribution in [1.82, 2.24) is 5.43 Å². The molecular weight excluding hydrogens is 302 g/mol. The molecule has 0 spiro atoms. The molecule has 0 fully saturated rings. The van der Waals surface area contributed by atoms with Crippen LogP contribution in [0.3, 0.4) is 0 Å². The summed E-state index contributed by atoms with van der Waals surface area (Å²) in [6.07, 6.45) is 0.664. The summed E-state index contributed by atoms with van der Waals surface area (Å²) in [5.74, 6) is 1.40. The van der Waals surface area contributed by atoms with Crippen LogP contribution in [0.2, 0.25) is 5.02 Å². The van der Waals surface area contributed by atoms with Gasteiger partial charge in [-0.1, -0.05) is 18.5 Å². The van der Waals surface area contributed by atoms with Gasteiger partial charge in [-0.15, -0.1) is 0 Å². The van der Waals surface area contributed by atoms with E-state index in [-0.39, 0.29) is 0 Å². The summed E-state index contributed by atoms with van der Waals surface area (Å²) < 4.78 is 5.71. The van der Waals surface area contributed by atoms with Crippen molar-refractivity contribution in [3.05, 3.63) is 59.1 Å². The number of halogens is 1. The van der Waals surface area contributed by atoms with Crippen molar-refractivity contribution in [2.75, 3.05) is 0 Å². The average Bonchev–Trinajstić information content (AvgIpc) is 2.51. The second kappa shape index (κ2) is 7.47.